The number of nitrogens with one attached hydrogen (secondary N) is 1. The van der Waals surface area contributed by atoms with Crippen molar-refractivity contribution in [1.82, 2.24) is 9.97 Å². The molecule has 5 rings (SSSR count). The second-order valence-corrected chi connectivity index (χ2v) is 12.0. The number of benzene rings is 1. The highest BCUT2D eigenvalue weighted by molar-refractivity contribution is 7.19. The number of pyridine rings is 1. The van der Waals surface area contributed by atoms with Gasteiger partial charge in [0.15, 0.2) is 5.69 Å². The number of halogens is 2. The van der Waals surface area contributed by atoms with Crippen molar-refractivity contribution in [2.24, 2.45) is 11.7 Å². The molecule has 2 aromatic heterocycles. The lowest BCUT2D eigenvalue weighted by Gasteiger charge is -2.44. The summed E-state index contributed by atoms with van der Waals surface area (Å²) in [6.45, 7) is 4.25. The number of anilines is 2. The predicted octanol–water partition coefficient (Wildman–Crippen LogP) is 3.91. The molecule has 214 valence electrons. The highest BCUT2D eigenvalue weighted by Gasteiger charge is 2.42. The normalized spacial score (nSPS) is 26.4. The molecule has 2 aliphatic rings. The van der Waals surface area contributed by atoms with E-state index in [0.717, 1.165) is 29.0 Å². The van der Waals surface area contributed by atoms with E-state index >= 15 is 8.78 Å². The van der Waals surface area contributed by atoms with Crippen LogP contribution in [0.25, 0.3) is 10.6 Å². The number of aliphatic hydroxyl groups is 2. The van der Waals surface area contributed by atoms with Gasteiger partial charge in [0.25, 0.3) is 5.91 Å². The Morgan fingerprint density at radius 3 is 2.52 bits per heavy atom. The SMILES string of the molecule is C[C@H]1C[C@@H](c2ccncc2NC(=O)c2nc(-c3c(F)cc(C4(O)CCOCC4)cc3F)sc2N)C[C@@H](N)[C@]1(C)O. The molecular formula is C28H33F2N5O4S. The molecule has 0 spiro atoms. The quantitative estimate of drug-likeness (QED) is 0.308. The van der Waals surface area contributed by atoms with E-state index in [-0.39, 0.29) is 59.2 Å². The van der Waals surface area contributed by atoms with Gasteiger partial charge >= 0.3 is 0 Å². The van der Waals surface area contributed by atoms with E-state index in [9.17, 15) is 15.0 Å². The van der Waals surface area contributed by atoms with Gasteiger partial charge in [-0.05, 0) is 60.9 Å². The lowest BCUT2D eigenvalue weighted by Crippen LogP contribution is -2.54. The molecule has 3 heterocycles. The maximum absolute atomic E-state index is 15.2. The zero-order chi connectivity index (χ0) is 28.8. The maximum Gasteiger partial charge on any atom is 0.277 e. The summed E-state index contributed by atoms with van der Waals surface area (Å²) in [4.78, 5) is 21.6. The van der Waals surface area contributed by atoms with Gasteiger partial charge in [-0.2, -0.15) is 0 Å². The van der Waals surface area contributed by atoms with Crippen molar-refractivity contribution in [3.63, 3.8) is 0 Å². The van der Waals surface area contributed by atoms with Gasteiger partial charge in [0, 0.05) is 38.3 Å². The lowest BCUT2D eigenvalue weighted by molar-refractivity contribution is -0.0682. The molecule has 2 fully saturated rings. The molecule has 1 amide bonds. The molecule has 1 aliphatic carbocycles. The Balaban J connectivity index is 1.39. The minimum Gasteiger partial charge on any atom is -0.389 e. The van der Waals surface area contributed by atoms with Crippen molar-refractivity contribution >= 4 is 27.9 Å². The summed E-state index contributed by atoms with van der Waals surface area (Å²) >= 11 is 0.791. The summed E-state index contributed by atoms with van der Waals surface area (Å²) in [6, 6.07) is 3.54. The topological polar surface area (TPSA) is 157 Å². The van der Waals surface area contributed by atoms with Gasteiger partial charge in [0.05, 0.1) is 28.6 Å². The van der Waals surface area contributed by atoms with Crippen molar-refractivity contribution in [2.45, 2.75) is 62.7 Å². The Kier molecular flexibility index (Phi) is 7.66. The van der Waals surface area contributed by atoms with E-state index < -0.39 is 40.3 Å². The zero-order valence-corrected chi connectivity index (χ0v) is 23.1. The molecule has 0 bridgehead atoms. The van der Waals surface area contributed by atoms with Crippen LogP contribution >= 0.6 is 11.3 Å². The summed E-state index contributed by atoms with van der Waals surface area (Å²) < 4.78 is 35.6. The first-order chi connectivity index (χ1) is 18.9. The number of thiazole rings is 1. The van der Waals surface area contributed by atoms with E-state index in [1.54, 1.807) is 19.2 Å². The second-order valence-electron chi connectivity index (χ2n) is 11.0. The molecule has 1 aliphatic heterocycles. The largest absolute Gasteiger partial charge is 0.389 e. The molecule has 12 heteroatoms. The number of rotatable bonds is 5. The van der Waals surface area contributed by atoms with Crippen molar-refractivity contribution < 1.29 is 28.5 Å². The maximum atomic E-state index is 15.2. The Morgan fingerprint density at radius 1 is 1.20 bits per heavy atom. The number of aromatic nitrogens is 2. The highest BCUT2D eigenvalue weighted by atomic mass is 32.1. The van der Waals surface area contributed by atoms with Crippen LogP contribution in [0.5, 0.6) is 0 Å². The monoisotopic (exact) mass is 573 g/mol. The molecule has 4 atom stereocenters. The summed E-state index contributed by atoms with van der Waals surface area (Å²) in [5, 5.41) is 24.3. The van der Waals surface area contributed by atoms with Gasteiger partial charge in [-0.25, -0.2) is 13.8 Å². The van der Waals surface area contributed by atoms with Crippen molar-refractivity contribution in [1.29, 1.82) is 0 Å². The minimum absolute atomic E-state index is 0.00627. The average Bonchev–Trinajstić information content (AvgIpc) is 3.28. The minimum atomic E-state index is -1.39. The van der Waals surface area contributed by atoms with Gasteiger partial charge in [0.1, 0.15) is 21.6 Å². The van der Waals surface area contributed by atoms with Crippen molar-refractivity contribution in [3.05, 3.63) is 59.0 Å². The molecule has 1 saturated heterocycles. The number of nitrogens with two attached hydrogens (primary N) is 2. The highest BCUT2D eigenvalue weighted by Crippen LogP contribution is 2.43. The first-order valence-corrected chi connectivity index (χ1v) is 14.0. The van der Waals surface area contributed by atoms with Crippen LogP contribution in [-0.4, -0.2) is 50.9 Å². The third-order valence-corrected chi connectivity index (χ3v) is 9.35. The third kappa shape index (κ3) is 5.21. The van der Waals surface area contributed by atoms with Crippen LogP contribution < -0.4 is 16.8 Å². The van der Waals surface area contributed by atoms with E-state index in [1.165, 1.54) is 6.20 Å². The summed E-state index contributed by atoms with van der Waals surface area (Å²) in [7, 11) is 0. The molecule has 7 N–H and O–H groups in total. The predicted molar refractivity (Wildman–Crippen MR) is 148 cm³/mol. The van der Waals surface area contributed by atoms with E-state index in [2.05, 4.69) is 15.3 Å². The fourth-order valence-electron chi connectivity index (χ4n) is 5.62. The second kappa shape index (κ2) is 10.7. The van der Waals surface area contributed by atoms with E-state index in [1.807, 2.05) is 6.92 Å². The first-order valence-electron chi connectivity index (χ1n) is 13.2. The van der Waals surface area contributed by atoms with Gasteiger partial charge in [-0.15, -0.1) is 0 Å². The van der Waals surface area contributed by atoms with E-state index in [0.29, 0.717) is 18.5 Å². The Bertz CT molecular complexity index is 1390. The molecule has 0 unspecified atom stereocenters. The number of ether oxygens (including phenoxy) is 1. The number of hydrogen-bond donors (Lipinski definition) is 5. The Hall–Kier alpha value is -3.03. The first kappa shape index (κ1) is 28.5. The van der Waals surface area contributed by atoms with Gasteiger partial charge in [-0.1, -0.05) is 18.3 Å². The molecule has 1 saturated carbocycles. The zero-order valence-electron chi connectivity index (χ0n) is 22.3. The van der Waals surface area contributed by atoms with Crippen molar-refractivity contribution in [2.75, 3.05) is 24.3 Å². The number of nitrogen functional groups attached to an aromatic ring is 1. The number of amides is 1. The molecule has 40 heavy (non-hydrogen) atoms. The van der Waals surface area contributed by atoms with Crippen LogP contribution in [0.4, 0.5) is 19.5 Å². The van der Waals surface area contributed by atoms with E-state index in [4.69, 9.17) is 16.2 Å². The standard InChI is InChI=1S/C28H33F2N5O4S/c1-14-9-15(10-21(31)27(14,2)37)17-3-6-33-13-20(17)34-25(36)23-24(32)40-26(35-23)22-18(29)11-16(12-19(22)30)28(38)4-7-39-8-5-28/h3,6,11-15,21,37-38H,4-5,7-10,31-32H2,1-2H3,(H,34,36)/t14-,15+,21+,27+/m0/s1. The number of nitrogens with zero attached hydrogens (tertiary/aromatic N) is 2. The molecule has 9 nitrogen and oxygen atoms in total. The summed E-state index contributed by atoms with van der Waals surface area (Å²) in [6.07, 6.45) is 4.76. The van der Waals surface area contributed by atoms with Crippen molar-refractivity contribution in [3.8, 4) is 10.6 Å². The van der Waals surface area contributed by atoms with Crippen LogP contribution in [0.1, 0.15) is 67.1 Å². The fraction of sp³-hybridized carbons (Fsp3) is 0.464. The number of carbonyl (C=O) groups is 1. The fourth-order valence-corrected chi connectivity index (χ4v) is 6.50. The smallest absolute Gasteiger partial charge is 0.277 e. The van der Waals surface area contributed by atoms with Crippen LogP contribution in [-0.2, 0) is 10.3 Å². The molecule has 0 radical (unpaired) electrons. The molecule has 1 aromatic carbocycles. The Morgan fingerprint density at radius 2 is 1.88 bits per heavy atom. The van der Waals surface area contributed by atoms with Crippen LogP contribution in [0.3, 0.4) is 0 Å². The van der Waals surface area contributed by atoms with Crippen LogP contribution in [0.2, 0.25) is 0 Å². The van der Waals surface area contributed by atoms with Crippen LogP contribution in [0, 0.1) is 17.6 Å². The van der Waals surface area contributed by atoms with Gasteiger partial charge < -0.3 is 31.7 Å². The summed E-state index contributed by atoms with van der Waals surface area (Å²) in [5.74, 6) is -2.58. The van der Waals surface area contributed by atoms with Crippen LogP contribution in [0.15, 0.2) is 30.6 Å². The van der Waals surface area contributed by atoms with Gasteiger partial charge in [-0.3, -0.25) is 9.78 Å². The Labute approximate surface area is 234 Å². The number of carbonyl (C=O) groups excluding carboxylic acids is 1. The molecule has 3 aromatic rings. The number of hydrogen-bond acceptors (Lipinski definition) is 9. The summed E-state index contributed by atoms with van der Waals surface area (Å²) in [5.41, 5.74) is 10.8. The lowest BCUT2D eigenvalue weighted by atomic mass is 9.68. The average molecular weight is 574 g/mol. The third-order valence-electron chi connectivity index (χ3n) is 8.45. The molecular weight excluding hydrogens is 540 g/mol. The van der Waals surface area contributed by atoms with Gasteiger partial charge in [0.2, 0.25) is 0 Å².